The third-order valence-electron chi connectivity index (χ3n) is 5.52. The van der Waals surface area contributed by atoms with Crippen molar-refractivity contribution >= 4 is 39.2 Å². The van der Waals surface area contributed by atoms with E-state index in [2.05, 4.69) is 39.4 Å². The number of anilines is 2. The van der Waals surface area contributed by atoms with Gasteiger partial charge in [0.1, 0.15) is 11.2 Å². The predicted octanol–water partition coefficient (Wildman–Crippen LogP) is 4.35. The summed E-state index contributed by atoms with van der Waals surface area (Å²) in [5.41, 5.74) is 3.75. The van der Waals surface area contributed by atoms with Crippen molar-refractivity contribution in [2.45, 2.75) is 0 Å². The fraction of sp³-hybridized carbons (Fsp3) is 0.208. The van der Waals surface area contributed by atoms with Crippen LogP contribution in [0.15, 0.2) is 77.2 Å². The van der Waals surface area contributed by atoms with Gasteiger partial charge in [-0.15, -0.1) is 0 Å². The number of carbonyl (C=O) groups excluding carboxylic acids is 1. The van der Waals surface area contributed by atoms with Gasteiger partial charge in [-0.3, -0.25) is 9.69 Å². The second-order valence-corrected chi connectivity index (χ2v) is 7.46. The summed E-state index contributed by atoms with van der Waals surface area (Å²) in [7, 11) is 0. The number of nitrogens with one attached hydrogen (secondary N) is 1. The van der Waals surface area contributed by atoms with Crippen molar-refractivity contribution in [3.63, 3.8) is 0 Å². The molecule has 2 heterocycles. The molecule has 0 saturated carbocycles. The Bertz CT molecular complexity index is 1140. The Balaban J connectivity index is 1.22. The SMILES string of the molecule is O=C(CN1CCN(c2ccccc2)CC1)Nc1ccc2oc3ccccc3c2c1. The molecule has 0 unspecified atom stereocenters. The van der Waals surface area contributed by atoms with E-state index in [4.69, 9.17) is 4.42 Å². The highest BCUT2D eigenvalue weighted by molar-refractivity contribution is 6.07. The van der Waals surface area contributed by atoms with Crippen LogP contribution in [0.4, 0.5) is 11.4 Å². The summed E-state index contributed by atoms with van der Waals surface area (Å²) in [5.74, 6) is 0.0188. The van der Waals surface area contributed by atoms with Gasteiger partial charge in [0.2, 0.25) is 5.91 Å². The number of fused-ring (bicyclic) bond motifs is 3. The second-order valence-electron chi connectivity index (χ2n) is 7.46. The third kappa shape index (κ3) is 3.69. The lowest BCUT2D eigenvalue weighted by Crippen LogP contribution is -2.48. The highest BCUT2D eigenvalue weighted by Crippen LogP contribution is 2.30. The molecular formula is C24H23N3O2. The van der Waals surface area contributed by atoms with Crippen molar-refractivity contribution in [3.05, 3.63) is 72.8 Å². The summed E-state index contributed by atoms with van der Waals surface area (Å²) >= 11 is 0. The summed E-state index contributed by atoms with van der Waals surface area (Å²) in [5, 5.41) is 5.13. The molecule has 0 bridgehead atoms. The van der Waals surface area contributed by atoms with Crippen molar-refractivity contribution in [3.8, 4) is 0 Å². The lowest BCUT2D eigenvalue weighted by Gasteiger charge is -2.35. The van der Waals surface area contributed by atoms with Crippen LogP contribution in [-0.4, -0.2) is 43.5 Å². The molecule has 3 aromatic carbocycles. The van der Waals surface area contributed by atoms with Crippen LogP contribution in [0, 0.1) is 0 Å². The number of carbonyl (C=O) groups is 1. The summed E-state index contributed by atoms with van der Waals surface area (Å²) in [4.78, 5) is 17.2. The van der Waals surface area contributed by atoms with Crippen LogP contribution in [0.3, 0.4) is 0 Å². The van der Waals surface area contributed by atoms with Gasteiger partial charge in [0.15, 0.2) is 0 Å². The Labute approximate surface area is 169 Å². The molecule has 146 valence electrons. The van der Waals surface area contributed by atoms with Crippen LogP contribution in [0.5, 0.6) is 0 Å². The van der Waals surface area contributed by atoms with E-state index in [-0.39, 0.29) is 5.91 Å². The fourth-order valence-electron chi connectivity index (χ4n) is 4.01. The first-order chi connectivity index (χ1) is 14.3. The lowest BCUT2D eigenvalue weighted by molar-refractivity contribution is -0.117. The van der Waals surface area contributed by atoms with Gasteiger partial charge in [-0.2, -0.15) is 0 Å². The van der Waals surface area contributed by atoms with Crippen LogP contribution >= 0.6 is 0 Å². The molecule has 0 aliphatic carbocycles. The molecular weight excluding hydrogens is 362 g/mol. The second kappa shape index (κ2) is 7.60. The molecule has 1 saturated heterocycles. The van der Waals surface area contributed by atoms with Crippen molar-refractivity contribution in [1.82, 2.24) is 4.90 Å². The number of nitrogens with zero attached hydrogens (tertiary/aromatic N) is 2. The molecule has 0 atom stereocenters. The van der Waals surface area contributed by atoms with Gasteiger partial charge in [-0.05, 0) is 36.4 Å². The zero-order chi connectivity index (χ0) is 19.6. The summed E-state index contributed by atoms with van der Waals surface area (Å²) in [6.07, 6.45) is 0. The van der Waals surface area contributed by atoms with Crippen LogP contribution in [-0.2, 0) is 4.79 Å². The van der Waals surface area contributed by atoms with E-state index in [1.165, 1.54) is 5.69 Å². The Morgan fingerprint density at radius 2 is 1.55 bits per heavy atom. The van der Waals surface area contributed by atoms with E-state index in [1.54, 1.807) is 0 Å². The van der Waals surface area contributed by atoms with Gasteiger partial charge in [-0.1, -0.05) is 36.4 Å². The molecule has 29 heavy (non-hydrogen) atoms. The van der Waals surface area contributed by atoms with E-state index in [0.29, 0.717) is 6.54 Å². The number of furan rings is 1. The zero-order valence-electron chi connectivity index (χ0n) is 16.2. The number of rotatable bonds is 4. The maximum atomic E-state index is 12.6. The molecule has 4 aromatic rings. The molecule has 5 nitrogen and oxygen atoms in total. The van der Waals surface area contributed by atoms with E-state index in [9.17, 15) is 4.79 Å². The minimum absolute atomic E-state index is 0.0188. The van der Waals surface area contributed by atoms with Crippen molar-refractivity contribution in [2.24, 2.45) is 0 Å². The molecule has 1 aliphatic rings. The van der Waals surface area contributed by atoms with Gasteiger partial charge in [0.25, 0.3) is 0 Å². The average molecular weight is 385 g/mol. The van der Waals surface area contributed by atoms with Crippen molar-refractivity contribution in [1.29, 1.82) is 0 Å². The third-order valence-corrected chi connectivity index (χ3v) is 5.52. The number of hydrogen-bond donors (Lipinski definition) is 1. The molecule has 1 aromatic heterocycles. The maximum absolute atomic E-state index is 12.6. The maximum Gasteiger partial charge on any atom is 0.238 e. The fourth-order valence-corrected chi connectivity index (χ4v) is 4.01. The van der Waals surface area contributed by atoms with Crippen LogP contribution in [0.1, 0.15) is 0 Å². The molecule has 5 rings (SSSR count). The predicted molar refractivity (Wildman–Crippen MR) is 117 cm³/mol. The number of para-hydroxylation sites is 2. The highest BCUT2D eigenvalue weighted by atomic mass is 16.3. The van der Waals surface area contributed by atoms with Gasteiger partial charge >= 0.3 is 0 Å². The van der Waals surface area contributed by atoms with Crippen LogP contribution < -0.4 is 10.2 Å². The van der Waals surface area contributed by atoms with Crippen LogP contribution in [0.2, 0.25) is 0 Å². The zero-order valence-corrected chi connectivity index (χ0v) is 16.2. The summed E-state index contributed by atoms with van der Waals surface area (Å²) in [6, 6.07) is 24.2. The minimum atomic E-state index is 0.0188. The first-order valence-corrected chi connectivity index (χ1v) is 10.00. The van der Waals surface area contributed by atoms with Crippen LogP contribution in [0.25, 0.3) is 21.9 Å². The number of hydrogen-bond acceptors (Lipinski definition) is 4. The molecule has 0 spiro atoms. The molecule has 1 aliphatic heterocycles. The molecule has 1 fully saturated rings. The van der Waals surface area contributed by atoms with E-state index < -0.39 is 0 Å². The van der Waals surface area contributed by atoms with E-state index in [1.807, 2.05) is 48.5 Å². The monoisotopic (exact) mass is 385 g/mol. The number of amides is 1. The van der Waals surface area contributed by atoms with Gasteiger partial charge in [0, 0.05) is 48.3 Å². The molecule has 1 N–H and O–H groups in total. The molecule has 1 amide bonds. The normalized spacial score (nSPS) is 15.1. The topological polar surface area (TPSA) is 48.7 Å². The lowest BCUT2D eigenvalue weighted by atomic mass is 10.1. The number of piperazine rings is 1. The summed E-state index contributed by atoms with van der Waals surface area (Å²) in [6.45, 7) is 4.04. The van der Waals surface area contributed by atoms with E-state index >= 15 is 0 Å². The van der Waals surface area contributed by atoms with Gasteiger partial charge in [-0.25, -0.2) is 0 Å². The quantitative estimate of drug-likeness (QED) is 0.568. The average Bonchev–Trinajstić information content (AvgIpc) is 3.13. The van der Waals surface area contributed by atoms with E-state index in [0.717, 1.165) is 53.8 Å². The van der Waals surface area contributed by atoms with Crippen molar-refractivity contribution < 1.29 is 9.21 Å². The Hall–Kier alpha value is -3.31. The minimum Gasteiger partial charge on any atom is -0.456 e. The highest BCUT2D eigenvalue weighted by Gasteiger charge is 2.19. The van der Waals surface area contributed by atoms with Gasteiger partial charge < -0.3 is 14.6 Å². The summed E-state index contributed by atoms with van der Waals surface area (Å²) < 4.78 is 5.85. The standard InChI is InChI=1S/C24H23N3O2/c28-24(17-26-12-14-27(15-13-26)19-6-2-1-3-7-19)25-18-10-11-23-21(16-18)20-8-4-5-9-22(20)29-23/h1-11,16H,12-15,17H2,(H,25,28). The number of benzene rings is 3. The largest absolute Gasteiger partial charge is 0.456 e. The van der Waals surface area contributed by atoms with Gasteiger partial charge in [0.05, 0.1) is 6.54 Å². The molecule has 5 heteroatoms. The molecule has 0 radical (unpaired) electrons. The first kappa shape index (κ1) is 17.8. The van der Waals surface area contributed by atoms with Crippen molar-refractivity contribution in [2.75, 3.05) is 42.9 Å². The Morgan fingerprint density at radius 1 is 0.828 bits per heavy atom. The first-order valence-electron chi connectivity index (χ1n) is 10.00. The Kier molecular flexibility index (Phi) is 4.66. The smallest absolute Gasteiger partial charge is 0.238 e. The Morgan fingerprint density at radius 3 is 2.38 bits per heavy atom.